The van der Waals surface area contributed by atoms with Gasteiger partial charge in [-0.2, -0.15) is 0 Å². The molecule has 0 spiro atoms. The van der Waals surface area contributed by atoms with Crippen molar-refractivity contribution >= 4 is 5.78 Å². The lowest BCUT2D eigenvalue weighted by molar-refractivity contribution is 0.101. The Labute approximate surface area is 96.4 Å². The van der Waals surface area contributed by atoms with E-state index in [4.69, 9.17) is 9.47 Å². The predicted molar refractivity (Wildman–Crippen MR) is 63.8 cm³/mol. The van der Waals surface area contributed by atoms with Crippen molar-refractivity contribution in [2.45, 2.75) is 27.7 Å². The molecule has 1 aromatic rings. The van der Waals surface area contributed by atoms with Gasteiger partial charge in [-0.15, -0.1) is 0 Å². The maximum Gasteiger partial charge on any atom is 0.163 e. The minimum atomic E-state index is 0.0169. The predicted octanol–water partition coefficient (Wildman–Crippen LogP) is 2.83. The van der Waals surface area contributed by atoms with Crippen molar-refractivity contribution in [3.8, 4) is 11.5 Å². The van der Waals surface area contributed by atoms with E-state index in [0.717, 1.165) is 22.4 Å². The summed E-state index contributed by atoms with van der Waals surface area (Å²) in [6.07, 6.45) is 0. The van der Waals surface area contributed by atoms with Gasteiger partial charge in [0, 0.05) is 5.56 Å². The molecule has 0 N–H and O–H groups in total. The Kier molecular flexibility index (Phi) is 3.58. The van der Waals surface area contributed by atoms with Gasteiger partial charge in [0.2, 0.25) is 0 Å². The highest BCUT2D eigenvalue weighted by molar-refractivity contribution is 5.99. The van der Waals surface area contributed by atoms with Crippen LogP contribution in [0.4, 0.5) is 0 Å². The summed E-state index contributed by atoms with van der Waals surface area (Å²) < 4.78 is 10.7. The van der Waals surface area contributed by atoms with Crippen molar-refractivity contribution in [2.24, 2.45) is 0 Å². The van der Waals surface area contributed by atoms with Crippen LogP contribution in [-0.4, -0.2) is 20.0 Å². The van der Waals surface area contributed by atoms with Crippen LogP contribution in [0.15, 0.2) is 0 Å². The number of rotatable bonds is 3. The highest BCUT2D eigenvalue weighted by atomic mass is 16.5. The van der Waals surface area contributed by atoms with Gasteiger partial charge in [0.15, 0.2) is 5.78 Å². The van der Waals surface area contributed by atoms with Crippen LogP contribution in [0.1, 0.15) is 34.0 Å². The molecule has 0 heterocycles. The Hall–Kier alpha value is -1.51. The maximum absolute atomic E-state index is 11.6. The molecule has 0 atom stereocenters. The highest BCUT2D eigenvalue weighted by Crippen LogP contribution is 2.37. The third kappa shape index (κ3) is 1.77. The molecule has 0 aromatic heterocycles. The number of Topliss-reactive ketones (excluding diaryl/α,β-unsaturated/α-hetero) is 1. The van der Waals surface area contributed by atoms with Crippen LogP contribution in [0.3, 0.4) is 0 Å². The average Bonchev–Trinajstić information content (AvgIpc) is 2.23. The van der Waals surface area contributed by atoms with Gasteiger partial charge in [-0.3, -0.25) is 4.79 Å². The number of ketones is 1. The van der Waals surface area contributed by atoms with E-state index in [1.807, 2.05) is 20.8 Å². The van der Waals surface area contributed by atoms with E-state index in [2.05, 4.69) is 0 Å². The minimum Gasteiger partial charge on any atom is -0.496 e. The molecule has 1 aromatic carbocycles. The number of hydrogen-bond acceptors (Lipinski definition) is 3. The van der Waals surface area contributed by atoms with Crippen molar-refractivity contribution in [3.63, 3.8) is 0 Å². The maximum atomic E-state index is 11.6. The van der Waals surface area contributed by atoms with Crippen LogP contribution in [0.2, 0.25) is 0 Å². The first kappa shape index (κ1) is 12.6. The van der Waals surface area contributed by atoms with E-state index >= 15 is 0 Å². The van der Waals surface area contributed by atoms with Crippen LogP contribution < -0.4 is 9.47 Å². The van der Waals surface area contributed by atoms with Gasteiger partial charge in [0.25, 0.3) is 0 Å². The zero-order valence-electron chi connectivity index (χ0n) is 10.7. The van der Waals surface area contributed by atoms with Crippen LogP contribution in [0.5, 0.6) is 11.5 Å². The summed E-state index contributed by atoms with van der Waals surface area (Å²) in [5.74, 6) is 1.43. The molecule has 16 heavy (non-hydrogen) atoms. The van der Waals surface area contributed by atoms with Gasteiger partial charge in [-0.1, -0.05) is 0 Å². The largest absolute Gasteiger partial charge is 0.496 e. The molecule has 1 rings (SSSR count). The summed E-state index contributed by atoms with van der Waals surface area (Å²) in [6, 6.07) is 0. The molecule has 0 aliphatic rings. The number of hydrogen-bond donors (Lipinski definition) is 0. The molecule has 0 saturated heterocycles. The molecule has 0 aliphatic carbocycles. The van der Waals surface area contributed by atoms with Gasteiger partial charge >= 0.3 is 0 Å². The lowest BCUT2D eigenvalue weighted by Gasteiger charge is -2.18. The first-order valence-electron chi connectivity index (χ1n) is 5.18. The molecule has 0 aliphatic heterocycles. The number of ether oxygens (including phenoxy) is 2. The molecule has 0 fully saturated rings. The van der Waals surface area contributed by atoms with Crippen molar-refractivity contribution in [3.05, 3.63) is 22.3 Å². The molecule has 0 unspecified atom stereocenters. The Morgan fingerprint density at radius 3 is 1.75 bits per heavy atom. The van der Waals surface area contributed by atoms with Gasteiger partial charge in [-0.25, -0.2) is 0 Å². The molecular weight excluding hydrogens is 204 g/mol. The fraction of sp³-hybridized carbons (Fsp3) is 0.462. The quantitative estimate of drug-likeness (QED) is 0.738. The number of carbonyl (C=O) groups is 1. The van der Waals surface area contributed by atoms with E-state index in [-0.39, 0.29) is 5.78 Å². The first-order valence-corrected chi connectivity index (χ1v) is 5.18. The standard InChI is InChI=1S/C13H18O3/c1-7-8(2)12(15-5)9(3)13(16-6)11(7)10(4)14/h1-6H3. The van der Waals surface area contributed by atoms with Crippen LogP contribution >= 0.6 is 0 Å². The van der Waals surface area contributed by atoms with Crippen LogP contribution in [0.25, 0.3) is 0 Å². The molecule has 0 amide bonds. The van der Waals surface area contributed by atoms with Crippen molar-refractivity contribution in [1.82, 2.24) is 0 Å². The lowest BCUT2D eigenvalue weighted by atomic mass is 9.95. The molecule has 3 heteroatoms. The molecule has 0 bridgehead atoms. The third-order valence-corrected chi connectivity index (χ3v) is 2.95. The van der Waals surface area contributed by atoms with Crippen LogP contribution in [0, 0.1) is 20.8 Å². The summed E-state index contributed by atoms with van der Waals surface area (Å²) in [5, 5.41) is 0. The van der Waals surface area contributed by atoms with Crippen molar-refractivity contribution in [2.75, 3.05) is 14.2 Å². The Bertz CT molecular complexity index is 434. The monoisotopic (exact) mass is 222 g/mol. The van der Waals surface area contributed by atoms with Crippen molar-refractivity contribution < 1.29 is 14.3 Å². The fourth-order valence-electron chi connectivity index (χ4n) is 2.09. The SMILES string of the molecule is COc1c(C)c(C)c(C(C)=O)c(OC)c1C. The number of carbonyl (C=O) groups excluding carboxylic acids is 1. The highest BCUT2D eigenvalue weighted by Gasteiger charge is 2.20. The lowest BCUT2D eigenvalue weighted by Crippen LogP contribution is -2.07. The molecule has 88 valence electrons. The van der Waals surface area contributed by atoms with Crippen molar-refractivity contribution in [1.29, 1.82) is 0 Å². The zero-order valence-corrected chi connectivity index (χ0v) is 10.7. The van der Waals surface area contributed by atoms with E-state index < -0.39 is 0 Å². The zero-order chi connectivity index (χ0) is 12.5. The van der Waals surface area contributed by atoms with Gasteiger partial charge in [0.05, 0.1) is 19.8 Å². The second-order valence-electron chi connectivity index (χ2n) is 3.87. The third-order valence-electron chi connectivity index (χ3n) is 2.95. The first-order chi connectivity index (χ1) is 7.45. The van der Waals surface area contributed by atoms with Gasteiger partial charge in [0.1, 0.15) is 11.5 Å². The molecule has 0 radical (unpaired) electrons. The Morgan fingerprint density at radius 1 is 0.875 bits per heavy atom. The van der Waals surface area contributed by atoms with Crippen LogP contribution in [-0.2, 0) is 0 Å². The van der Waals surface area contributed by atoms with Gasteiger partial charge < -0.3 is 9.47 Å². The van der Waals surface area contributed by atoms with E-state index in [1.165, 1.54) is 0 Å². The molecule has 3 nitrogen and oxygen atoms in total. The summed E-state index contributed by atoms with van der Waals surface area (Å²) in [6.45, 7) is 7.32. The second-order valence-corrected chi connectivity index (χ2v) is 3.87. The summed E-state index contributed by atoms with van der Waals surface area (Å²) in [4.78, 5) is 11.6. The van der Waals surface area contributed by atoms with E-state index in [9.17, 15) is 4.79 Å². The number of methoxy groups -OCH3 is 2. The fourth-order valence-corrected chi connectivity index (χ4v) is 2.09. The van der Waals surface area contributed by atoms with E-state index in [1.54, 1.807) is 21.1 Å². The van der Waals surface area contributed by atoms with E-state index in [0.29, 0.717) is 11.3 Å². The average molecular weight is 222 g/mol. The molecule has 0 saturated carbocycles. The molecular formula is C13H18O3. The number of benzene rings is 1. The second kappa shape index (κ2) is 4.56. The summed E-state index contributed by atoms with van der Waals surface area (Å²) in [7, 11) is 3.20. The topological polar surface area (TPSA) is 35.5 Å². The normalized spacial score (nSPS) is 10.1. The Balaban J connectivity index is 3.70. The Morgan fingerprint density at radius 2 is 1.38 bits per heavy atom. The van der Waals surface area contributed by atoms with Gasteiger partial charge in [-0.05, 0) is 38.8 Å². The summed E-state index contributed by atoms with van der Waals surface area (Å²) in [5.41, 5.74) is 3.44. The summed E-state index contributed by atoms with van der Waals surface area (Å²) >= 11 is 0. The smallest absolute Gasteiger partial charge is 0.163 e. The minimum absolute atomic E-state index is 0.0169.